The highest BCUT2D eigenvalue weighted by Crippen LogP contribution is 2.31. The molecule has 2 aliphatic heterocycles. The van der Waals surface area contributed by atoms with E-state index in [1.807, 2.05) is 12.1 Å². The van der Waals surface area contributed by atoms with Crippen LogP contribution in [0.3, 0.4) is 0 Å². The molecule has 2 aromatic heterocycles. The van der Waals surface area contributed by atoms with Crippen LogP contribution in [0, 0.1) is 13.8 Å². The van der Waals surface area contributed by atoms with Gasteiger partial charge in [0.1, 0.15) is 11.6 Å². The monoisotopic (exact) mass is 462 g/mol. The van der Waals surface area contributed by atoms with Gasteiger partial charge in [-0.2, -0.15) is 4.98 Å². The van der Waals surface area contributed by atoms with Crippen LogP contribution in [-0.4, -0.2) is 53.7 Å². The number of halogens is 1. The van der Waals surface area contributed by atoms with Gasteiger partial charge in [-0.1, -0.05) is 23.7 Å². The second-order valence-corrected chi connectivity index (χ2v) is 9.61. The first-order valence-corrected chi connectivity index (χ1v) is 12.2. The summed E-state index contributed by atoms with van der Waals surface area (Å²) in [6.07, 6.45) is 4.21. The van der Waals surface area contributed by atoms with Crippen molar-refractivity contribution < 1.29 is 0 Å². The Balaban J connectivity index is 1.47. The highest BCUT2D eigenvalue weighted by molar-refractivity contribution is 6.32. The Morgan fingerprint density at radius 1 is 0.909 bits per heavy atom. The first kappa shape index (κ1) is 22.0. The number of hydrogen-bond donors (Lipinski definition) is 0. The summed E-state index contributed by atoms with van der Waals surface area (Å²) in [7, 11) is 0. The van der Waals surface area contributed by atoms with Gasteiger partial charge in [0.05, 0.1) is 10.7 Å². The minimum Gasteiger partial charge on any atom is -0.352 e. The van der Waals surface area contributed by atoms with Crippen molar-refractivity contribution in [2.45, 2.75) is 39.7 Å². The van der Waals surface area contributed by atoms with Crippen molar-refractivity contribution >= 4 is 29.2 Å². The lowest BCUT2D eigenvalue weighted by molar-refractivity contribution is 0.542. The molecule has 2 saturated heterocycles. The van der Waals surface area contributed by atoms with E-state index in [2.05, 4.69) is 64.7 Å². The third-order valence-electron chi connectivity index (χ3n) is 6.85. The van der Waals surface area contributed by atoms with E-state index in [0.29, 0.717) is 5.02 Å². The van der Waals surface area contributed by atoms with E-state index in [4.69, 9.17) is 21.6 Å². The maximum Gasteiger partial charge on any atom is 0.227 e. The standard InChI is InChI=1S/C26H31ClN6/c1-18-8-9-21(15-19(18)2)23-16-24(30-26(29-23)31-11-4-5-12-31)33-14-13-32(17-20(33)3)25-22(27)7-6-10-28-25/h6-10,15-16,20H,4-5,11-14,17H2,1-3H3/t20-/m1/s1. The fraction of sp³-hybridized carbons (Fsp3) is 0.423. The van der Waals surface area contributed by atoms with E-state index in [1.54, 1.807) is 6.20 Å². The molecule has 7 heteroatoms. The Morgan fingerprint density at radius 2 is 1.73 bits per heavy atom. The van der Waals surface area contributed by atoms with Gasteiger partial charge in [0.2, 0.25) is 5.95 Å². The third kappa shape index (κ3) is 4.49. The number of pyridine rings is 1. The molecule has 3 aromatic rings. The molecule has 33 heavy (non-hydrogen) atoms. The molecule has 4 heterocycles. The van der Waals surface area contributed by atoms with E-state index in [9.17, 15) is 0 Å². The molecular formula is C26H31ClN6. The fourth-order valence-corrected chi connectivity index (χ4v) is 5.02. The van der Waals surface area contributed by atoms with Crippen LogP contribution in [0.15, 0.2) is 42.6 Å². The summed E-state index contributed by atoms with van der Waals surface area (Å²) in [6, 6.07) is 12.8. The van der Waals surface area contributed by atoms with Crippen molar-refractivity contribution in [2.24, 2.45) is 0 Å². The lowest BCUT2D eigenvalue weighted by atomic mass is 10.0. The number of anilines is 3. The van der Waals surface area contributed by atoms with E-state index in [0.717, 1.165) is 61.6 Å². The number of hydrogen-bond acceptors (Lipinski definition) is 6. The van der Waals surface area contributed by atoms with Crippen LogP contribution in [0.2, 0.25) is 5.02 Å². The second-order valence-electron chi connectivity index (χ2n) is 9.20. The molecule has 6 nitrogen and oxygen atoms in total. The molecule has 0 spiro atoms. The summed E-state index contributed by atoms with van der Waals surface area (Å²) in [6.45, 7) is 11.2. The van der Waals surface area contributed by atoms with Crippen molar-refractivity contribution in [3.63, 3.8) is 0 Å². The normalized spacial score (nSPS) is 18.8. The van der Waals surface area contributed by atoms with Gasteiger partial charge in [0, 0.05) is 56.6 Å². The molecular weight excluding hydrogens is 432 g/mol. The lowest BCUT2D eigenvalue weighted by Crippen LogP contribution is -2.52. The molecule has 2 fully saturated rings. The number of nitrogens with zero attached hydrogens (tertiary/aromatic N) is 6. The van der Waals surface area contributed by atoms with E-state index in [-0.39, 0.29) is 6.04 Å². The Hall–Kier alpha value is -2.86. The Labute approximate surface area is 201 Å². The SMILES string of the molecule is Cc1ccc(-c2cc(N3CCN(c4ncccc4Cl)C[C@H]3C)nc(N3CCCC3)n2)cc1C. The predicted octanol–water partition coefficient (Wildman–Crippen LogP) is 5.12. The number of aryl methyl sites for hydroxylation is 2. The van der Waals surface area contributed by atoms with Crippen molar-refractivity contribution in [1.82, 2.24) is 15.0 Å². The van der Waals surface area contributed by atoms with Gasteiger partial charge in [-0.05, 0) is 62.9 Å². The van der Waals surface area contributed by atoms with Crippen LogP contribution in [0.1, 0.15) is 30.9 Å². The maximum absolute atomic E-state index is 6.42. The van der Waals surface area contributed by atoms with Gasteiger partial charge in [-0.15, -0.1) is 0 Å². The average molecular weight is 463 g/mol. The molecule has 2 aliphatic rings. The Bertz CT molecular complexity index is 1140. The van der Waals surface area contributed by atoms with Crippen LogP contribution in [0.5, 0.6) is 0 Å². The van der Waals surface area contributed by atoms with Crippen LogP contribution < -0.4 is 14.7 Å². The van der Waals surface area contributed by atoms with Crippen LogP contribution in [-0.2, 0) is 0 Å². The zero-order valence-corrected chi connectivity index (χ0v) is 20.4. The zero-order chi connectivity index (χ0) is 22.9. The van der Waals surface area contributed by atoms with Crippen LogP contribution >= 0.6 is 11.6 Å². The van der Waals surface area contributed by atoms with Gasteiger partial charge in [-0.3, -0.25) is 0 Å². The molecule has 1 atom stereocenters. The van der Waals surface area contributed by atoms with Crippen LogP contribution in [0.25, 0.3) is 11.3 Å². The van der Waals surface area contributed by atoms with Gasteiger partial charge < -0.3 is 14.7 Å². The van der Waals surface area contributed by atoms with Gasteiger partial charge in [-0.25, -0.2) is 9.97 Å². The number of rotatable bonds is 4. The highest BCUT2D eigenvalue weighted by atomic mass is 35.5. The highest BCUT2D eigenvalue weighted by Gasteiger charge is 2.28. The summed E-state index contributed by atoms with van der Waals surface area (Å²) < 4.78 is 0. The summed E-state index contributed by atoms with van der Waals surface area (Å²) in [5, 5.41) is 0.702. The second kappa shape index (κ2) is 9.18. The minimum absolute atomic E-state index is 0.269. The first-order chi connectivity index (χ1) is 16.0. The van der Waals surface area contributed by atoms with Crippen molar-refractivity contribution in [2.75, 3.05) is 47.4 Å². The smallest absolute Gasteiger partial charge is 0.227 e. The predicted molar refractivity (Wildman–Crippen MR) is 137 cm³/mol. The maximum atomic E-state index is 6.42. The quantitative estimate of drug-likeness (QED) is 0.536. The number of benzene rings is 1. The van der Waals surface area contributed by atoms with E-state index in [1.165, 1.54) is 24.0 Å². The van der Waals surface area contributed by atoms with Gasteiger partial charge >= 0.3 is 0 Å². The molecule has 0 bridgehead atoms. The number of piperazine rings is 1. The molecule has 0 radical (unpaired) electrons. The fourth-order valence-electron chi connectivity index (χ4n) is 4.78. The minimum atomic E-state index is 0.269. The molecule has 172 valence electrons. The molecule has 0 unspecified atom stereocenters. The summed E-state index contributed by atoms with van der Waals surface area (Å²) in [5.41, 5.74) is 4.72. The first-order valence-electron chi connectivity index (χ1n) is 11.8. The van der Waals surface area contributed by atoms with E-state index >= 15 is 0 Å². The van der Waals surface area contributed by atoms with Crippen molar-refractivity contribution in [3.8, 4) is 11.3 Å². The summed E-state index contributed by atoms with van der Waals surface area (Å²) >= 11 is 6.42. The number of aromatic nitrogens is 3. The van der Waals surface area contributed by atoms with Gasteiger partial charge in [0.25, 0.3) is 0 Å². The zero-order valence-electron chi connectivity index (χ0n) is 19.6. The summed E-state index contributed by atoms with van der Waals surface area (Å²) in [4.78, 5) is 21.6. The topological polar surface area (TPSA) is 48.4 Å². The molecule has 0 aliphatic carbocycles. The van der Waals surface area contributed by atoms with E-state index < -0.39 is 0 Å². The molecule has 5 rings (SSSR count). The molecule has 0 saturated carbocycles. The van der Waals surface area contributed by atoms with Gasteiger partial charge in [0.15, 0.2) is 0 Å². The average Bonchev–Trinajstić information content (AvgIpc) is 3.36. The Kier molecular flexibility index (Phi) is 6.11. The molecule has 0 amide bonds. The Morgan fingerprint density at radius 3 is 2.45 bits per heavy atom. The third-order valence-corrected chi connectivity index (χ3v) is 7.15. The largest absolute Gasteiger partial charge is 0.352 e. The lowest BCUT2D eigenvalue weighted by Gasteiger charge is -2.41. The summed E-state index contributed by atoms with van der Waals surface area (Å²) in [5.74, 6) is 2.71. The van der Waals surface area contributed by atoms with Crippen LogP contribution in [0.4, 0.5) is 17.6 Å². The van der Waals surface area contributed by atoms with Crippen molar-refractivity contribution in [1.29, 1.82) is 0 Å². The van der Waals surface area contributed by atoms with Crippen molar-refractivity contribution in [3.05, 3.63) is 58.7 Å². The molecule has 1 aromatic carbocycles. The molecule has 0 N–H and O–H groups in total.